The molecule has 4 heteroatoms. The van der Waals surface area contributed by atoms with Crippen molar-refractivity contribution in [1.29, 1.82) is 0 Å². The van der Waals surface area contributed by atoms with Gasteiger partial charge in [-0.25, -0.2) is 0 Å². The zero-order chi connectivity index (χ0) is 13.8. The van der Waals surface area contributed by atoms with Crippen molar-refractivity contribution in [2.45, 2.75) is 53.0 Å². The maximum absolute atomic E-state index is 5.60. The van der Waals surface area contributed by atoms with Gasteiger partial charge in [-0.2, -0.15) is 0 Å². The van der Waals surface area contributed by atoms with Crippen molar-refractivity contribution in [3.8, 4) is 0 Å². The van der Waals surface area contributed by atoms with E-state index in [0.717, 1.165) is 31.0 Å². The summed E-state index contributed by atoms with van der Waals surface area (Å²) in [5.74, 6) is 0.601. The molecule has 0 saturated carbocycles. The van der Waals surface area contributed by atoms with Crippen LogP contribution in [-0.4, -0.2) is 22.8 Å². The standard InChI is InChI=1S/C14H26N2OS/c1-11(2)10-17-8-6-7-16-12(14(3,4)5)9-15-13(16)18/h9,11H,6-8,10H2,1-5H3,(H,15,18). The second kappa shape index (κ2) is 6.53. The SMILES string of the molecule is CC(C)COCCCn1c(C(C)(C)C)c[nH]c1=S. The van der Waals surface area contributed by atoms with E-state index in [1.807, 2.05) is 6.20 Å². The predicted octanol–water partition coefficient (Wildman–Crippen LogP) is 3.91. The summed E-state index contributed by atoms with van der Waals surface area (Å²) in [6.07, 6.45) is 3.03. The Morgan fingerprint density at radius 1 is 1.39 bits per heavy atom. The molecule has 0 aliphatic carbocycles. The molecule has 0 aliphatic heterocycles. The fraction of sp³-hybridized carbons (Fsp3) is 0.786. The van der Waals surface area contributed by atoms with Gasteiger partial charge < -0.3 is 14.3 Å². The highest BCUT2D eigenvalue weighted by atomic mass is 32.1. The van der Waals surface area contributed by atoms with Gasteiger partial charge in [0.25, 0.3) is 0 Å². The summed E-state index contributed by atoms with van der Waals surface area (Å²) in [5.41, 5.74) is 1.38. The lowest BCUT2D eigenvalue weighted by Crippen LogP contribution is -2.18. The van der Waals surface area contributed by atoms with E-state index < -0.39 is 0 Å². The third-order valence-corrected chi connectivity index (χ3v) is 3.10. The zero-order valence-electron chi connectivity index (χ0n) is 12.2. The first-order valence-corrected chi connectivity index (χ1v) is 7.09. The Hall–Kier alpha value is -0.610. The third-order valence-electron chi connectivity index (χ3n) is 2.76. The van der Waals surface area contributed by atoms with E-state index in [4.69, 9.17) is 17.0 Å². The van der Waals surface area contributed by atoms with E-state index in [9.17, 15) is 0 Å². The maximum Gasteiger partial charge on any atom is 0.177 e. The van der Waals surface area contributed by atoms with Crippen LogP contribution in [0.4, 0.5) is 0 Å². The second-order valence-electron chi connectivity index (χ2n) is 6.20. The van der Waals surface area contributed by atoms with Gasteiger partial charge in [-0.15, -0.1) is 0 Å². The van der Waals surface area contributed by atoms with E-state index in [1.54, 1.807) is 0 Å². The Labute approximate surface area is 116 Å². The Bertz CT molecular complexity index is 412. The highest BCUT2D eigenvalue weighted by molar-refractivity contribution is 7.71. The first-order valence-electron chi connectivity index (χ1n) is 6.69. The van der Waals surface area contributed by atoms with Crippen LogP contribution in [-0.2, 0) is 16.7 Å². The lowest BCUT2D eigenvalue weighted by molar-refractivity contribution is 0.105. The topological polar surface area (TPSA) is 29.9 Å². The quantitative estimate of drug-likeness (QED) is 0.627. The molecule has 0 aliphatic rings. The Balaban J connectivity index is 2.52. The minimum atomic E-state index is 0.117. The summed E-state index contributed by atoms with van der Waals surface area (Å²) in [5, 5.41) is 0. The fourth-order valence-electron chi connectivity index (χ4n) is 1.88. The molecule has 0 fully saturated rings. The van der Waals surface area contributed by atoms with E-state index in [-0.39, 0.29) is 5.41 Å². The van der Waals surface area contributed by atoms with Crippen LogP contribution in [0.1, 0.15) is 46.7 Å². The molecule has 0 saturated heterocycles. The minimum absolute atomic E-state index is 0.117. The van der Waals surface area contributed by atoms with E-state index in [1.165, 1.54) is 5.69 Å². The number of aromatic nitrogens is 2. The van der Waals surface area contributed by atoms with Crippen LogP contribution in [0.5, 0.6) is 0 Å². The maximum atomic E-state index is 5.60. The van der Waals surface area contributed by atoms with Gasteiger partial charge in [0.05, 0.1) is 0 Å². The molecule has 0 bridgehead atoms. The molecule has 1 N–H and O–H groups in total. The lowest BCUT2D eigenvalue weighted by atomic mass is 9.92. The number of H-pyrrole nitrogens is 1. The Kier molecular flexibility index (Phi) is 5.60. The molecule has 3 nitrogen and oxygen atoms in total. The summed E-state index contributed by atoms with van der Waals surface area (Å²) in [6.45, 7) is 13.5. The zero-order valence-corrected chi connectivity index (χ0v) is 13.1. The highest BCUT2D eigenvalue weighted by Crippen LogP contribution is 2.22. The molecule has 0 unspecified atom stereocenters. The van der Waals surface area contributed by atoms with Gasteiger partial charge in [-0.3, -0.25) is 0 Å². The van der Waals surface area contributed by atoms with Crippen LogP contribution in [0.15, 0.2) is 6.20 Å². The average Bonchev–Trinajstić information content (AvgIpc) is 2.59. The number of hydrogen-bond acceptors (Lipinski definition) is 2. The van der Waals surface area contributed by atoms with Crippen LogP contribution in [0.25, 0.3) is 0 Å². The largest absolute Gasteiger partial charge is 0.381 e. The average molecular weight is 270 g/mol. The molecule has 104 valence electrons. The molecule has 1 aromatic heterocycles. The van der Waals surface area contributed by atoms with Gasteiger partial charge in [0, 0.05) is 37.1 Å². The first kappa shape index (κ1) is 15.4. The van der Waals surface area contributed by atoms with Crippen LogP contribution >= 0.6 is 12.2 Å². The molecule has 0 amide bonds. The number of hydrogen-bond donors (Lipinski definition) is 1. The number of aromatic amines is 1. The fourth-order valence-corrected chi connectivity index (χ4v) is 2.13. The number of nitrogens with one attached hydrogen (secondary N) is 1. The van der Waals surface area contributed by atoms with Crippen molar-refractivity contribution in [1.82, 2.24) is 9.55 Å². The molecule has 0 spiro atoms. The molecule has 0 radical (unpaired) electrons. The van der Waals surface area contributed by atoms with Crippen molar-refractivity contribution in [2.75, 3.05) is 13.2 Å². The van der Waals surface area contributed by atoms with E-state index >= 15 is 0 Å². The van der Waals surface area contributed by atoms with Crippen LogP contribution in [0, 0.1) is 10.7 Å². The van der Waals surface area contributed by atoms with Crippen LogP contribution in [0.3, 0.4) is 0 Å². The summed E-state index contributed by atoms with van der Waals surface area (Å²) in [7, 11) is 0. The van der Waals surface area contributed by atoms with Crippen molar-refractivity contribution in [3.63, 3.8) is 0 Å². The van der Waals surface area contributed by atoms with Crippen molar-refractivity contribution < 1.29 is 4.74 Å². The number of ether oxygens (including phenoxy) is 1. The minimum Gasteiger partial charge on any atom is -0.381 e. The Morgan fingerprint density at radius 3 is 2.61 bits per heavy atom. The molecule has 1 rings (SSSR count). The molecular weight excluding hydrogens is 244 g/mol. The molecule has 0 atom stereocenters. The van der Waals surface area contributed by atoms with Gasteiger partial charge in [0.2, 0.25) is 0 Å². The van der Waals surface area contributed by atoms with Crippen LogP contribution in [0.2, 0.25) is 0 Å². The van der Waals surface area contributed by atoms with Crippen molar-refractivity contribution >= 4 is 12.2 Å². The number of rotatable bonds is 6. The van der Waals surface area contributed by atoms with Gasteiger partial charge >= 0.3 is 0 Å². The summed E-state index contributed by atoms with van der Waals surface area (Å²) < 4.78 is 8.60. The smallest absolute Gasteiger partial charge is 0.177 e. The molecule has 0 aromatic carbocycles. The molecule has 1 aromatic rings. The van der Waals surface area contributed by atoms with E-state index in [2.05, 4.69) is 44.2 Å². The lowest BCUT2D eigenvalue weighted by Gasteiger charge is -2.20. The third kappa shape index (κ3) is 4.58. The van der Waals surface area contributed by atoms with Crippen molar-refractivity contribution in [3.05, 3.63) is 16.7 Å². The van der Waals surface area contributed by atoms with Gasteiger partial charge in [0.15, 0.2) is 4.77 Å². The molecule has 1 heterocycles. The second-order valence-corrected chi connectivity index (χ2v) is 6.59. The van der Waals surface area contributed by atoms with Gasteiger partial charge in [0.1, 0.15) is 0 Å². The number of imidazole rings is 1. The molecule has 18 heavy (non-hydrogen) atoms. The highest BCUT2D eigenvalue weighted by Gasteiger charge is 2.18. The summed E-state index contributed by atoms with van der Waals surface area (Å²) in [4.78, 5) is 3.14. The number of nitrogens with zero attached hydrogens (tertiary/aromatic N) is 1. The van der Waals surface area contributed by atoms with Gasteiger partial charge in [-0.05, 0) is 24.6 Å². The predicted molar refractivity (Wildman–Crippen MR) is 78.6 cm³/mol. The summed E-state index contributed by atoms with van der Waals surface area (Å²) >= 11 is 5.33. The first-order chi connectivity index (χ1) is 8.32. The van der Waals surface area contributed by atoms with Crippen LogP contribution < -0.4 is 0 Å². The Morgan fingerprint density at radius 2 is 2.06 bits per heavy atom. The van der Waals surface area contributed by atoms with Gasteiger partial charge in [-0.1, -0.05) is 34.6 Å². The molecular formula is C14H26N2OS. The van der Waals surface area contributed by atoms with Crippen molar-refractivity contribution in [2.24, 2.45) is 5.92 Å². The van der Waals surface area contributed by atoms with E-state index in [0.29, 0.717) is 5.92 Å². The monoisotopic (exact) mass is 270 g/mol. The normalized spacial score (nSPS) is 12.3. The summed E-state index contributed by atoms with van der Waals surface area (Å²) in [6, 6.07) is 0.